The fraction of sp³-hybridized carbons (Fsp3) is 0.333. The van der Waals surface area contributed by atoms with Gasteiger partial charge in [0.15, 0.2) is 0 Å². The van der Waals surface area contributed by atoms with Crippen LogP contribution in [0.1, 0.15) is 31.9 Å². The molecule has 0 aliphatic heterocycles. The first kappa shape index (κ1) is 31.2. The SMILES string of the molecule is COc1ccc(S(=O)(=O)N(CC(=O)N(Cc2ccccc2)C(C)C(=O)NCC(C)C)c2ccc(C)cc2)cc1Br. The van der Waals surface area contributed by atoms with E-state index in [-0.39, 0.29) is 23.3 Å². The Morgan fingerprint density at radius 1 is 0.975 bits per heavy atom. The van der Waals surface area contributed by atoms with E-state index in [1.807, 2.05) is 51.1 Å². The minimum atomic E-state index is -4.18. The van der Waals surface area contributed by atoms with E-state index in [2.05, 4.69) is 21.2 Å². The monoisotopic (exact) mass is 629 g/mol. The third-order valence-electron chi connectivity index (χ3n) is 6.36. The van der Waals surface area contributed by atoms with E-state index < -0.39 is 28.5 Å². The first-order chi connectivity index (χ1) is 18.9. The second-order valence-corrected chi connectivity index (χ2v) is 12.7. The van der Waals surface area contributed by atoms with E-state index >= 15 is 0 Å². The molecule has 3 aromatic carbocycles. The molecule has 3 aromatic rings. The van der Waals surface area contributed by atoms with Gasteiger partial charge in [-0.2, -0.15) is 0 Å². The summed E-state index contributed by atoms with van der Waals surface area (Å²) < 4.78 is 34.8. The van der Waals surface area contributed by atoms with Crippen molar-refractivity contribution in [1.82, 2.24) is 10.2 Å². The topological polar surface area (TPSA) is 96.0 Å². The van der Waals surface area contributed by atoms with E-state index in [4.69, 9.17) is 4.74 Å². The number of hydrogen-bond donors (Lipinski definition) is 1. The van der Waals surface area contributed by atoms with Gasteiger partial charge in [0.2, 0.25) is 11.8 Å². The second kappa shape index (κ2) is 13.8. The molecule has 2 amide bonds. The van der Waals surface area contributed by atoms with Gasteiger partial charge in [0, 0.05) is 13.1 Å². The number of methoxy groups -OCH3 is 1. The molecule has 0 aromatic heterocycles. The van der Waals surface area contributed by atoms with Gasteiger partial charge in [0.25, 0.3) is 10.0 Å². The van der Waals surface area contributed by atoms with Crippen LogP contribution in [0.3, 0.4) is 0 Å². The van der Waals surface area contributed by atoms with Crippen LogP contribution in [-0.4, -0.2) is 51.4 Å². The molecule has 8 nitrogen and oxygen atoms in total. The van der Waals surface area contributed by atoms with E-state index in [1.54, 1.807) is 37.3 Å². The fourth-order valence-electron chi connectivity index (χ4n) is 3.99. The van der Waals surface area contributed by atoms with Gasteiger partial charge >= 0.3 is 0 Å². The van der Waals surface area contributed by atoms with E-state index in [0.717, 1.165) is 15.4 Å². The van der Waals surface area contributed by atoms with Gasteiger partial charge in [-0.15, -0.1) is 0 Å². The average molecular weight is 631 g/mol. The third kappa shape index (κ3) is 7.85. The Balaban J connectivity index is 2.02. The molecule has 0 saturated heterocycles. The number of halogens is 1. The van der Waals surface area contributed by atoms with Crippen molar-refractivity contribution in [3.63, 3.8) is 0 Å². The van der Waals surface area contributed by atoms with E-state index in [1.165, 1.54) is 24.1 Å². The Labute approximate surface area is 245 Å². The molecule has 3 rings (SSSR count). The lowest BCUT2D eigenvalue weighted by atomic mass is 10.1. The Bertz CT molecular complexity index is 1410. The summed E-state index contributed by atoms with van der Waals surface area (Å²) in [6.45, 7) is 7.64. The number of amides is 2. The highest BCUT2D eigenvalue weighted by molar-refractivity contribution is 9.10. The number of sulfonamides is 1. The molecule has 10 heteroatoms. The molecule has 0 aliphatic carbocycles. The molecular weight excluding hydrogens is 594 g/mol. The van der Waals surface area contributed by atoms with Crippen LogP contribution in [0.5, 0.6) is 5.75 Å². The fourth-order valence-corrected chi connectivity index (χ4v) is 6.12. The Kier molecular flexibility index (Phi) is 10.8. The van der Waals surface area contributed by atoms with Gasteiger partial charge in [-0.25, -0.2) is 8.42 Å². The average Bonchev–Trinajstić information content (AvgIpc) is 2.93. The second-order valence-electron chi connectivity index (χ2n) is 9.97. The molecule has 0 radical (unpaired) electrons. The number of ether oxygens (including phenoxy) is 1. The van der Waals surface area contributed by atoms with Crippen LogP contribution in [0.2, 0.25) is 0 Å². The molecule has 1 atom stereocenters. The number of nitrogens with zero attached hydrogens (tertiary/aromatic N) is 2. The number of carbonyl (C=O) groups excluding carboxylic acids is 2. The maximum atomic E-state index is 14.0. The zero-order chi connectivity index (χ0) is 29.4. The lowest BCUT2D eigenvalue weighted by Gasteiger charge is -2.32. The van der Waals surface area contributed by atoms with Gasteiger partial charge < -0.3 is 15.0 Å². The molecule has 1 unspecified atom stereocenters. The maximum Gasteiger partial charge on any atom is 0.264 e. The van der Waals surface area contributed by atoms with Crippen molar-refractivity contribution < 1.29 is 22.7 Å². The van der Waals surface area contributed by atoms with Crippen LogP contribution in [-0.2, 0) is 26.2 Å². The lowest BCUT2D eigenvalue weighted by Crippen LogP contribution is -2.51. The predicted octanol–water partition coefficient (Wildman–Crippen LogP) is 5.15. The summed E-state index contributed by atoms with van der Waals surface area (Å²) in [6.07, 6.45) is 0. The highest BCUT2D eigenvalue weighted by Gasteiger charge is 2.32. The summed E-state index contributed by atoms with van der Waals surface area (Å²) in [4.78, 5) is 28.4. The van der Waals surface area contributed by atoms with Crippen LogP contribution in [0.4, 0.5) is 5.69 Å². The molecule has 0 heterocycles. The van der Waals surface area contributed by atoms with Crippen molar-refractivity contribution in [3.05, 3.63) is 88.4 Å². The number of rotatable bonds is 12. The molecule has 40 heavy (non-hydrogen) atoms. The van der Waals surface area contributed by atoms with E-state index in [0.29, 0.717) is 22.5 Å². The van der Waals surface area contributed by atoms with Crippen molar-refractivity contribution in [3.8, 4) is 5.75 Å². The summed E-state index contributed by atoms with van der Waals surface area (Å²) >= 11 is 3.36. The Morgan fingerprint density at radius 2 is 1.62 bits per heavy atom. The minimum absolute atomic E-state index is 0.00844. The Hall–Kier alpha value is -3.37. The van der Waals surface area contributed by atoms with Crippen molar-refractivity contribution >= 4 is 43.5 Å². The molecule has 0 bridgehead atoms. The van der Waals surface area contributed by atoms with Crippen LogP contribution in [0, 0.1) is 12.8 Å². The molecular formula is C30H36BrN3O5S. The van der Waals surface area contributed by atoms with Crippen LogP contribution < -0.4 is 14.4 Å². The highest BCUT2D eigenvalue weighted by atomic mass is 79.9. The lowest BCUT2D eigenvalue weighted by molar-refractivity contribution is -0.139. The zero-order valence-electron chi connectivity index (χ0n) is 23.4. The largest absolute Gasteiger partial charge is 0.496 e. The highest BCUT2D eigenvalue weighted by Crippen LogP contribution is 2.31. The number of carbonyl (C=O) groups is 2. The number of benzene rings is 3. The van der Waals surface area contributed by atoms with Crippen molar-refractivity contribution in [2.24, 2.45) is 5.92 Å². The van der Waals surface area contributed by atoms with Gasteiger partial charge in [0.1, 0.15) is 18.3 Å². The summed E-state index contributed by atoms with van der Waals surface area (Å²) in [6, 6.07) is 19.8. The molecule has 0 fully saturated rings. The number of nitrogens with one attached hydrogen (secondary N) is 1. The summed E-state index contributed by atoms with van der Waals surface area (Å²) in [5, 5.41) is 2.89. The van der Waals surface area contributed by atoms with Crippen molar-refractivity contribution in [2.45, 2.75) is 45.2 Å². The molecule has 0 spiro atoms. The summed E-state index contributed by atoms with van der Waals surface area (Å²) in [5.41, 5.74) is 2.10. The number of aryl methyl sites for hydroxylation is 1. The minimum Gasteiger partial charge on any atom is -0.496 e. The van der Waals surface area contributed by atoms with E-state index in [9.17, 15) is 18.0 Å². The quantitative estimate of drug-likeness (QED) is 0.299. The molecule has 0 aliphatic rings. The van der Waals surface area contributed by atoms with Crippen LogP contribution in [0.25, 0.3) is 0 Å². The summed E-state index contributed by atoms with van der Waals surface area (Å²) in [5.74, 6) is -0.0952. The normalized spacial score (nSPS) is 12.1. The van der Waals surface area contributed by atoms with Gasteiger partial charge in [0.05, 0.1) is 22.2 Å². The van der Waals surface area contributed by atoms with Gasteiger partial charge in [-0.05, 0) is 71.6 Å². The van der Waals surface area contributed by atoms with Crippen LogP contribution >= 0.6 is 15.9 Å². The molecule has 1 N–H and O–H groups in total. The van der Waals surface area contributed by atoms with Gasteiger partial charge in [-0.3, -0.25) is 13.9 Å². The Morgan fingerprint density at radius 3 is 2.20 bits per heavy atom. The predicted molar refractivity (Wildman–Crippen MR) is 161 cm³/mol. The van der Waals surface area contributed by atoms with Crippen molar-refractivity contribution in [1.29, 1.82) is 0 Å². The van der Waals surface area contributed by atoms with Gasteiger partial charge in [-0.1, -0.05) is 61.9 Å². The number of anilines is 1. The molecule has 0 saturated carbocycles. The van der Waals surface area contributed by atoms with Crippen LogP contribution in [0.15, 0.2) is 82.2 Å². The number of hydrogen-bond acceptors (Lipinski definition) is 5. The first-order valence-electron chi connectivity index (χ1n) is 13.0. The smallest absolute Gasteiger partial charge is 0.264 e. The third-order valence-corrected chi connectivity index (χ3v) is 8.75. The zero-order valence-corrected chi connectivity index (χ0v) is 25.8. The first-order valence-corrected chi connectivity index (χ1v) is 15.2. The standard InChI is InChI=1S/C30H36BrN3O5S/c1-21(2)18-32-30(36)23(4)33(19-24-9-7-6-8-10-24)29(35)20-34(25-13-11-22(3)12-14-25)40(37,38)26-15-16-28(39-5)27(31)17-26/h6-17,21,23H,18-20H2,1-5H3,(H,32,36). The molecule has 214 valence electrons. The summed E-state index contributed by atoms with van der Waals surface area (Å²) in [7, 11) is -2.69. The van der Waals surface area contributed by atoms with Crippen molar-refractivity contribution in [2.75, 3.05) is 24.5 Å². The maximum absolute atomic E-state index is 14.0.